The lowest BCUT2D eigenvalue weighted by molar-refractivity contribution is 0.236. The van der Waals surface area contributed by atoms with E-state index in [0.717, 1.165) is 28.0 Å². The number of H-pyrrole nitrogens is 1. The molecule has 2 amide bonds. The Kier molecular flexibility index (Phi) is 5.89. The van der Waals surface area contributed by atoms with Crippen molar-refractivity contribution in [3.63, 3.8) is 0 Å². The number of hydrogen-bond donors (Lipinski definition) is 3. The summed E-state index contributed by atoms with van der Waals surface area (Å²) in [4.78, 5) is 24.8. The highest BCUT2D eigenvalue weighted by Gasteiger charge is 2.19. The van der Waals surface area contributed by atoms with Gasteiger partial charge < -0.3 is 20.4 Å². The standard InChI is InChI=1S/C23H23N5O2/c1-30-18-11-9-16(10-12-18)14-21(22-26-19-7-2-3-8-20(19)27-22)28-23(29)25-15-17-6-4-5-13-24-17/h2-13,21H,14-15H2,1H3,(H,26,27)(H2,25,28,29)/t21-/m1/s1. The van der Waals surface area contributed by atoms with E-state index in [4.69, 9.17) is 4.74 Å². The van der Waals surface area contributed by atoms with E-state index >= 15 is 0 Å². The zero-order valence-corrected chi connectivity index (χ0v) is 16.6. The van der Waals surface area contributed by atoms with Crippen LogP contribution in [0.15, 0.2) is 72.9 Å². The van der Waals surface area contributed by atoms with Crippen LogP contribution in [0.5, 0.6) is 5.75 Å². The Bertz CT molecular complexity index is 1080. The number of rotatable bonds is 7. The number of para-hydroxylation sites is 2. The third-order valence-electron chi connectivity index (χ3n) is 4.80. The predicted molar refractivity (Wildman–Crippen MR) is 115 cm³/mol. The van der Waals surface area contributed by atoms with Gasteiger partial charge in [0, 0.05) is 6.20 Å². The summed E-state index contributed by atoms with van der Waals surface area (Å²) >= 11 is 0. The molecule has 2 heterocycles. The van der Waals surface area contributed by atoms with E-state index in [0.29, 0.717) is 18.8 Å². The molecule has 1 atom stereocenters. The topological polar surface area (TPSA) is 91.9 Å². The lowest BCUT2D eigenvalue weighted by atomic mass is 10.1. The van der Waals surface area contributed by atoms with Crippen molar-refractivity contribution in [2.24, 2.45) is 0 Å². The number of nitrogens with zero attached hydrogens (tertiary/aromatic N) is 2. The van der Waals surface area contributed by atoms with Gasteiger partial charge in [0.05, 0.1) is 36.4 Å². The minimum absolute atomic E-state index is 0.278. The molecular weight excluding hydrogens is 378 g/mol. The average molecular weight is 401 g/mol. The number of amides is 2. The van der Waals surface area contributed by atoms with Crippen molar-refractivity contribution in [1.82, 2.24) is 25.6 Å². The molecule has 0 saturated heterocycles. The van der Waals surface area contributed by atoms with Crippen molar-refractivity contribution in [2.45, 2.75) is 19.0 Å². The van der Waals surface area contributed by atoms with Gasteiger partial charge in [-0.1, -0.05) is 30.3 Å². The second-order valence-corrected chi connectivity index (χ2v) is 6.89. The number of nitrogens with one attached hydrogen (secondary N) is 3. The Morgan fingerprint density at radius 1 is 1.07 bits per heavy atom. The number of urea groups is 1. The van der Waals surface area contributed by atoms with Crippen LogP contribution in [0.2, 0.25) is 0 Å². The molecule has 4 rings (SSSR count). The number of carbonyl (C=O) groups excluding carboxylic acids is 1. The molecule has 0 spiro atoms. The number of aromatic amines is 1. The molecule has 3 N–H and O–H groups in total. The van der Waals surface area contributed by atoms with Crippen LogP contribution in [0.1, 0.15) is 23.1 Å². The number of methoxy groups -OCH3 is 1. The summed E-state index contributed by atoms with van der Waals surface area (Å²) in [5.74, 6) is 1.50. The van der Waals surface area contributed by atoms with E-state index in [1.807, 2.05) is 66.7 Å². The monoisotopic (exact) mass is 401 g/mol. The van der Waals surface area contributed by atoms with Crippen LogP contribution in [-0.4, -0.2) is 28.1 Å². The van der Waals surface area contributed by atoms with Crippen molar-refractivity contribution in [2.75, 3.05) is 7.11 Å². The fraction of sp³-hybridized carbons (Fsp3) is 0.174. The zero-order chi connectivity index (χ0) is 20.8. The number of pyridine rings is 1. The van der Waals surface area contributed by atoms with Crippen molar-refractivity contribution >= 4 is 17.1 Å². The first-order valence-corrected chi connectivity index (χ1v) is 9.73. The normalized spacial score (nSPS) is 11.8. The number of aromatic nitrogens is 3. The summed E-state index contributed by atoms with van der Waals surface area (Å²) < 4.78 is 5.23. The first-order chi connectivity index (χ1) is 14.7. The fourth-order valence-electron chi connectivity index (χ4n) is 3.23. The van der Waals surface area contributed by atoms with Crippen LogP contribution in [0.25, 0.3) is 11.0 Å². The maximum Gasteiger partial charge on any atom is 0.315 e. The predicted octanol–water partition coefficient (Wildman–Crippen LogP) is 3.75. The van der Waals surface area contributed by atoms with Crippen molar-refractivity contribution < 1.29 is 9.53 Å². The minimum atomic E-state index is -0.325. The number of carbonyl (C=O) groups is 1. The Labute approximate surface area is 174 Å². The highest BCUT2D eigenvalue weighted by Crippen LogP contribution is 2.21. The van der Waals surface area contributed by atoms with Gasteiger partial charge in [0.1, 0.15) is 11.6 Å². The van der Waals surface area contributed by atoms with Gasteiger partial charge in [-0.15, -0.1) is 0 Å². The van der Waals surface area contributed by atoms with Gasteiger partial charge in [0.15, 0.2) is 0 Å². The summed E-state index contributed by atoms with van der Waals surface area (Å²) in [7, 11) is 1.64. The molecule has 4 aromatic rings. The molecule has 152 valence electrons. The van der Waals surface area contributed by atoms with Crippen LogP contribution < -0.4 is 15.4 Å². The number of fused-ring (bicyclic) bond motifs is 1. The zero-order valence-electron chi connectivity index (χ0n) is 16.6. The van der Waals surface area contributed by atoms with E-state index in [1.165, 1.54) is 0 Å². The Balaban J connectivity index is 1.52. The van der Waals surface area contributed by atoms with E-state index in [1.54, 1.807) is 13.3 Å². The molecule has 0 unspecified atom stereocenters. The first kappa shape index (κ1) is 19.4. The summed E-state index contributed by atoms with van der Waals surface area (Å²) in [5.41, 5.74) is 3.65. The van der Waals surface area contributed by atoms with Gasteiger partial charge >= 0.3 is 6.03 Å². The number of imidazole rings is 1. The minimum Gasteiger partial charge on any atom is -0.497 e. The maximum absolute atomic E-state index is 12.6. The average Bonchev–Trinajstić information content (AvgIpc) is 3.23. The molecule has 2 aromatic carbocycles. The maximum atomic E-state index is 12.6. The number of benzene rings is 2. The second kappa shape index (κ2) is 9.09. The molecule has 2 aromatic heterocycles. The molecule has 0 aliphatic rings. The van der Waals surface area contributed by atoms with Gasteiger partial charge in [-0.25, -0.2) is 9.78 Å². The first-order valence-electron chi connectivity index (χ1n) is 9.73. The van der Waals surface area contributed by atoms with Crippen LogP contribution in [0, 0.1) is 0 Å². The second-order valence-electron chi connectivity index (χ2n) is 6.89. The number of hydrogen-bond acceptors (Lipinski definition) is 4. The van der Waals surface area contributed by atoms with Crippen LogP contribution in [-0.2, 0) is 13.0 Å². The summed E-state index contributed by atoms with van der Waals surface area (Å²) in [6.45, 7) is 0.349. The molecule has 0 radical (unpaired) electrons. The molecule has 7 nitrogen and oxygen atoms in total. The molecule has 0 aliphatic carbocycles. The van der Waals surface area contributed by atoms with Gasteiger partial charge in [0.2, 0.25) is 0 Å². The van der Waals surface area contributed by atoms with Gasteiger partial charge in [-0.2, -0.15) is 0 Å². The smallest absolute Gasteiger partial charge is 0.315 e. The quantitative estimate of drug-likeness (QED) is 0.440. The van der Waals surface area contributed by atoms with E-state index in [-0.39, 0.29) is 12.1 Å². The van der Waals surface area contributed by atoms with Gasteiger partial charge in [0.25, 0.3) is 0 Å². The highest BCUT2D eigenvalue weighted by molar-refractivity contribution is 5.76. The molecule has 7 heteroatoms. The molecule has 0 fully saturated rings. The molecule has 0 bridgehead atoms. The lowest BCUT2D eigenvalue weighted by Crippen LogP contribution is -2.39. The van der Waals surface area contributed by atoms with Crippen molar-refractivity contribution in [3.8, 4) is 5.75 Å². The van der Waals surface area contributed by atoms with Crippen LogP contribution in [0.4, 0.5) is 4.79 Å². The Morgan fingerprint density at radius 2 is 1.87 bits per heavy atom. The Hall–Kier alpha value is -3.87. The van der Waals surface area contributed by atoms with E-state index in [2.05, 4.69) is 25.6 Å². The summed E-state index contributed by atoms with van der Waals surface area (Å²) in [6.07, 6.45) is 2.29. The summed E-state index contributed by atoms with van der Waals surface area (Å²) in [5, 5.41) is 5.90. The van der Waals surface area contributed by atoms with E-state index in [9.17, 15) is 4.79 Å². The van der Waals surface area contributed by atoms with Crippen LogP contribution >= 0.6 is 0 Å². The largest absolute Gasteiger partial charge is 0.497 e. The molecule has 30 heavy (non-hydrogen) atoms. The molecule has 0 aliphatic heterocycles. The van der Waals surface area contributed by atoms with Gasteiger partial charge in [-0.3, -0.25) is 4.98 Å². The number of ether oxygens (including phenoxy) is 1. The fourth-order valence-corrected chi connectivity index (χ4v) is 3.23. The summed E-state index contributed by atoms with van der Waals surface area (Å²) in [6, 6.07) is 20.6. The lowest BCUT2D eigenvalue weighted by Gasteiger charge is -2.17. The third-order valence-corrected chi connectivity index (χ3v) is 4.80. The van der Waals surface area contributed by atoms with Crippen molar-refractivity contribution in [3.05, 3.63) is 90.0 Å². The van der Waals surface area contributed by atoms with E-state index < -0.39 is 0 Å². The SMILES string of the molecule is COc1ccc(C[C@@H](NC(=O)NCc2ccccn2)c2nc3ccccc3[nH]2)cc1. The third kappa shape index (κ3) is 4.75. The van der Waals surface area contributed by atoms with Crippen molar-refractivity contribution in [1.29, 1.82) is 0 Å². The molecular formula is C23H23N5O2. The molecule has 0 saturated carbocycles. The Morgan fingerprint density at radius 3 is 2.60 bits per heavy atom. The van der Waals surface area contributed by atoms with Crippen LogP contribution in [0.3, 0.4) is 0 Å². The highest BCUT2D eigenvalue weighted by atomic mass is 16.5. The van der Waals surface area contributed by atoms with Gasteiger partial charge in [-0.05, 0) is 48.4 Å².